The van der Waals surface area contributed by atoms with Crippen molar-refractivity contribution in [2.45, 2.75) is 12.5 Å². The monoisotopic (exact) mass is 358 g/mol. The van der Waals surface area contributed by atoms with Gasteiger partial charge in [0.15, 0.2) is 0 Å². The summed E-state index contributed by atoms with van der Waals surface area (Å²) in [5.74, 6) is -5.71. The van der Waals surface area contributed by atoms with E-state index in [4.69, 9.17) is 0 Å². The number of nitrogens with one attached hydrogen (secondary N) is 1. The Labute approximate surface area is 147 Å². The van der Waals surface area contributed by atoms with E-state index in [1.54, 1.807) is 22.8 Å². The van der Waals surface area contributed by atoms with Crippen LogP contribution >= 0.6 is 0 Å². The van der Waals surface area contributed by atoms with Crippen molar-refractivity contribution in [3.63, 3.8) is 0 Å². The van der Waals surface area contributed by atoms with Crippen LogP contribution in [0.4, 0.5) is 8.78 Å². The molecule has 26 heavy (non-hydrogen) atoms. The van der Waals surface area contributed by atoms with Crippen molar-refractivity contribution in [3.05, 3.63) is 54.6 Å². The van der Waals surface area contributed by atoms with Gasteiger partial charge in [-0.3, -0.25) is 9.59 Å². The van der Waals surface area contributed by atoms with Gasteiger partial charge >= 0.3 is 5.92 Å². The number of carbonyl (C=O) groups excluding carboxylic acids is 2. The van der Waals surface area contributed by atoms with Crippen molar-refractivity contribution in [2.75, 3.05) is 6.54 Å². The van der Waals surface area contributed by atoms with E-state index in [1.165, 1.54) is 0 Å². The smallest absolute Gasteiger partial charge is 0.341 e. The van der Waals surface area contributed by atoms with Crippen molar-refractivity contribution >= 4 is 22.8 Å². The summed E-state index contributed by atoms with van der Waals surface area (Å²) in [6.45, 7) is -1.37. The van der Waals surface area contributed by atoms with E-state index in [0.717, 1.165) is 5.56 Å². The molecule has 0 saturated heterocycles. The summed E-state index contributed by atoms with van der Waals surface area (Å²) >= 11 is 0. The number of carbonyl (C=O) groups is 2. The number of nitrogens with two attached hydrogens (primary N) is 1. The fourth-order valence-electron chi connectivity index (χ4n) is 2.54. The van der Waals surface area contributed by atoms with E-state index in [0.29, 0.717) is 16.9 Å². The number of para-hydroxylation sites is 2. The molecule has 8 heteroatoms. The summed E-state index contributed by atoms with van der Waals surface area (Å²) in [4.78, 5) is 27.4. The second kappa shape index (κ2) is 6.91. The minimum Gasteiger partial charge on any atom is -0.364 e. The van der Waals surface area contributed by atoms with Gasteiger partial charge in [0.25, 0.3) is 5.91 Å². The van der Waals surface area contributed by atoms with E-state index >= 15 is 0 Å². The number of primary amides is 1. The Morgan fingerprint density at radius 1 is 1.08 bits per heavy atom. The molecule has 134 valence electrons. The van der Waals surface area contributed by atoms with Gasteiger partial charge in [0.2, 0.25) is 5.91 Å². The van der Waals surface area contributed by atoms with Gasteiger partial charge in [0, 0.05) is 5.56 Å². The number of benzene rings is 2. The fraction of sp³-hybridized carbons (Fsp3) is 0.167. The number of aromatic nitrogens is 2. The molecule has 0 aliphatic rings. The van der Waals surface area contributed by atoms with Crippen molar-refractivity contribution < 1.29 is 18.4 Å². The molecule has 0 unspecified atom stereocenters. The molecule has 2 amide bonds. The Bertz CT molecular complexity index is 954. The molecule has 1 heterocycles. The lowest BCUT2D eigenvalue weighted by molar-refractivity contribution is -0.142. The van der Waals surface area contributed by atoms with Crippen LogP contribution in [0.25, 0.3) is 22.4 Å². The van der Waals surface area contributed by atoms with Gasteiger partial charge in [0.05, 0.1) is 17.6 Å². The van der Waals surface area contributed by atoms with Crippen LogP contribution in [-0.4, -0.2) is 33.8 Å². The van der Waals surface area contributed by atoms with Crippen molar-refractivity contribution in [1.29, 1.82) is 0 Å². The highest BCUT2D eigenvalue weighted by Crippen LogP contribution is 2.24. The van der Waals surface area contributed by atoms with Gasteiger partial charge < -0.3 is 15.6 Å². The molecular weight excluding hydrogens is 342 g/mol. The zero-order chi connectivity index (χ0) is 18.7. The summed E-state index contributed by atoms with van der Waals surface area (Å²) in [5.41, 5.74) is 6.78. The SMILES string of the molecule is NC(=O)C(F)(F)CNC(=O)Cn1c(-c2ccccc2)nc2ccccc21. The van der Waals surface area contributed by atoms with Crippen LogP contribution < -0.4 is 11.1 Å². The quantitative estimate of drug-likeness (QED) is 0.706. The van der Waals surface area contributed by atoms with Crippen LogP contribution in [0.3, 0.4) is 0 Å². The first kappa shape index (κ1) is 17.5. The maximum absolute atomic E-state index is 13.3. The van der Waals surface area contributed by atoms with E-state index < -0.39 is 24.3 Å². The number of hydrogen-bond donors (Lipinski definition) is 2. The van der Waals surface area contributed by atoms with Gasteiger partial charge in [-0.15, -0.1) is 0 Å². The first-order valence-electron chi connectivity index (χ1n) is 7.83. The Hall–Kier alpha value is -3.29. The van der Waals surface area contributed by atoms with Crippen LogP contribution in [0.1, 0.15) is 0 Å². The summed E-state index contributed by atoms with van der Waals surface area (Å²) in [6, 6.07) is 16.4. The van der Waals surface area contributed by atoms with Gasteiger partial charge in [-0.1, -0.05) is 42.5 Å². The van der Waals surface area contributed by atoms with Crippen LogP contribution in [0.5, 0.6) is 0 Å². The molecule has 0 saturated carbocycles. The van der Waals surface area contributed by atoms with E-state index in [1.807, 2.05) is 41.7 Å². The topological polar surface area (TPSA) is 90.0 Å². The van der Waals surface area contributed by atoms with E-state index in [9.17, 15) is 18.4 Å². The third-order valence-electron chi connectivity index (χ3n) is 3.86. The molecule has 0 aliphatic heterocycles. The third-order valence-corrected chi connectivity index (χ3v) is 3.86. The lowest BCUT2D eigenvalue weighted by atomic mass is 10.2. The van der Waals surface area contributed by atoms with E-state index in [-0.39, 0.29) is 6.54 Å². The number of rotatable bonds is 6. The molecule has 3 N–H and O–H groups in total. The number of amides is 2. The Balaban J connectivity index is 1.89. The Morgan fingerprint density at radius 2 is 1.73 bits per heavy atom. The molecule has 3 rings (SSSR count). The average Bonchev–Trinajstić information content (AvgIpc) is 2.99. The summed E-state index contributed by atoms with van der Waals surface area (Å²) in [6.07, 6.45) is 0. The molecule has 0 radical (unpaired) electrons. The predicted molar refractivity (Wildman–Crippen MR) is 92.3 cm³/mol. The highest BCUT2D eigenvalue weighted by molar-refractivity contribution is 5.86. The molecule has 0 aliphatic carbocycles. The van der Waals surface area contributed by atoms with Gasteiger partial charge in [-0.05, 0) is 12.1 Å². The molecule has 0 spiro atoms. The molecule has 1 aromatic heterocycles. The Kier molecular flexibility index (Phi) is 4.66. The highest BCUT2D eigenvalue weighted by atomic mass is 19.3. The highest BCUT2D eigenvalue weighted by Gasteiger charge is 2.36. The number of alkyl halides is 2. The van der Waals surface area contributed by atoms with Crippen molar-refractivity contribution in [3.8, 4) is 11.4 Å². The fourth-order valence-corrected chi connectivity index (χ4v) is 2.54. The first-order valence-corrected chi connectivity index (χ1v) is 7.83. The standard InChI is InChI=1S/C18H16F2N4O2/c19-18(20,17(21)26)11-22-15(25)10-24-14-9-5-4-8-13(14)23-16(24)12-6-2-1-3-7-12/h1-9H,10-11H2,(H2,21,26)(H,22,25). The number of nitrogens with zero attached hydrogens (tertiary/aromatic N) is 2. The second-order valence-corrected chi connectivity index (χ2v) is 5.72. The zero-order valence-corrected chi connectivity index (χ0v) is 13.7. The molecule has 3 aromatic rings. The maximum atomic E-state index is 13.3. The van der Waals surface area contributed by atoms with Gasteiger partial charge in [0.1, 0.15) is 12.4 Å². The Morgan fingerprint density at radius 3 is 2.42 bits per heavy atom. The lowest BCUT2D eigenvalue weighted by Gasteiger charge is -2.14. The second-order valence-electron chi connectivity index (χ2n) is 5.72. The number of fused-ring (bicyclic) bond motifs is 1. The van der Waals surface area contributed by atoms with Crippen molar-refractivity contribution in [2.24, 2.45) is 5.73 Å². The zero-order valence-electron chi connectivity index (χ0n) is 13.7. The van der Waals surface area contributed by atoms with Crippen LogP contribution in [0, 0.1) is 0 Å². The first-order chi connectivity index (χ1) is 12.4. The minimum absolute atomic E-state index is 0.223. The van der Waals surface area contributed by atoms with Gasteiger partial charge in [-0.25, -0.2) is 4.98 Å². The minimum atomic E-state index is -3.80. The van der Waals surface area contributed by atoms with Crippen molar-refractivity contribution in [1.82, 2.24) is 14.9 Å². The molecular formula is C18H16F2N4O2. The summed E-state index contributed by atoms with van der Waals surface area (Å²) in [5, 5.41) is 2.05. The number of halogens is 2. The number of hydrogen-bond acceptors (Lipinski definition) is 3. The molecule has 2 aromatic carbocycles. The van der Waals surface area contributed by atoms with Crippen LogP contribution in [0.2, 0.25) is 0 Å². The predicted octanol–water partition coefficient (Wildman–Crippen LogP) is 1.94. The molecule has 0 fully saturated rings. The molecule has 6 nitrogen and oxygen atoms in total. The third kappa shape index (κ3) is 3.53. The molecule has 0 bridgehead atoms. The van der Waals surface area contributed by atoms with Crippen LogP contribution in [0.15, 0.2) is 54.6 Å². The summed E-state index contributed by atoms with van der Waals surface area (Å²) in [7, 11) is 0. The number of imidazole rings is 1. The largest absolute Gasteiger partial charge is 0.364 e. The van der Waals surface area contributed by atoms with E-state index in [2.05, 4.69) is 10.7 Å². The molecule has 0 atom stereocenters. The maximum Gasteiger partial charge on any atom is 0.341 e. The lowest BCUT2D eigenvalue weighted by Crippen LogP contribution is -2.46. The average molecular weight is 358 g/mol. The normalized spacial score (nSPS) is 11.5. The van der Waals surface area contributed by atoms with Gasteiger partial charge in [-0.2, -0.15) is 8.78 Å². The summed E-state index contributed by atoms with van der Waals surface area (Å²) < 4.78 is 28.2. The van der Waals surface area contributed by atoms with Crippen LogP contribution in [-0.2, 0) is 16.1 Å².